The van der Waals surface area contributed by atoms with Gasteiger partial charge in [0.2, 0.25) is 0 Å². The van der Waals surface area contributed by atoms with E-state index in [1.807, 2.05) is 36.4 Å². The van der Waals surface area contributed by atoms with Crippen LogP contribution in [0.5, 0.6) is 5.75 Å². The maximum Gasteiger partial charge on any atom is 0.121 e. The number of nitrogens with one attached hydrogen (secondary N) is 2. The Kier molecular flexibility index (Phi) is 5.17. The lowest BCUT2D eigenvalue weighted by molar-refractivity contribution is 0.306. The van der Waals surface area contributed by atoms with Crippen LogP contribution in [0.3, 0.4) is 0 Å². The van der Waals surface area contributed by atoms with E-state index in [4.69, 9.17) is 4.74 Å². The zero-order valence-corrected chi connectivity index (χ0v) is 15.4. The average molecular weight is 357 g/mol. The molecule has 3 aromatic carbocycles. The fourth-order valence-electron chi connectivity index (χ4n) is 3.01. The summed E-state index contributed by atoms with van der Waals surface area (Å²) in [5.74, 6) is 1.83. The highest BCUT2D eigenvalue weighted by molar-refractivity contribution is 5.74. The highest BCUT2D eigenvalue weighted by atomic mass is 16.5. The van der Waals surface area contributed by atoms with Crippen LogP contribution < -0.4 is 10.1 Å². The molecule has 0 aliphatic rings. The van der Waals surface area contributed by atoms with Crippen LogP contribution in [0.2, 0.25) is 0 Å². The number of aromatic amines is 1. The molecule has 27 heavy (non-hydrogen) atoms. The average Bonchev–Trinajstić information content (AvgIpc) is 3.11. The number of H-pyrrole nitrogens is 1. The van der Waals surface area contributed by atoms with Gasteiger partial charge in [0.1, 0.15) is 18.2 Å². The van der Waals surface area contributed by atoms with Crippen molar-refractivity contribution in [3.05, 3.63) is 95.3 Å². The van der Waals surface area contributed by atoms with Crippen LogP contribution >= 0.6 is 0 Å². The molecule has 4 aromatic rings. The minimum atomic E-state index is 0.580. The molecule has 1 heterocycles. The number of aromatic nitrogens is 2. The van der Waals surface area contributed by atoms with Crippen LogP contribution in [0, 0.1) is 6.92 Å². The Morgan fingerprint density at radius 2 is 1.74 bits per heavy atom. The van der Waals surface area contributed by atoms with E-state index in [1.165, 1.54) is 16.7 Å². The second-order valence-corrected chi connectivity index (χ2v) is 6.73. The van der Waals surface area contributed by atoms with Crippen molar-refractivity contribution in [3.63, 3.8) is 0 Å². The van der Waals surface area contributed by atoms with Crippen LogP contribution in [-0.4, -0.2) is 9.97 Å². The summed E-state index contributed by atoms with van der Waals surface area (Å²) in [4.78, 5) is 7.93. The van der Waals surface area contributed by atoms with E-state index in [1.54, 1.807) is 0 Å². The Bertz CT molecular complexity index is 988. The first-order valence-electron chi connectivity index (χ1n) is 9.18. The van der Waals surface area contributed by atoms with Gasteiger partial charge in [-0.3, -0.25) is 0 Å². The number of rotatable bonds is 7. The molecule has 0 saturated carbocycles. The number of hydrogen-bond donors (Lipinski definition) is 2. The predicted octanol–water partition coefficient (Wildman–Crippen LogP) is 4.74. The summed E-state index contributed by atoms with van der Waals surface area (Å²) < 4.78 is 5.93. The van der Waals surface area contributed by atoms with E-state index in [0.717, 1.165) is 29.2 Å². The van der Waals surface area contributed by atoms with Crippen LogP contribution in [0.4, 0.5) is 0 Å². The molecule has 4 heteroatoms. The molecule has 4 nitrogen and oxygen atoms in total. The normalized spacial score (nSPS) is 11.0. The predicted molar refractivity (Wildman–Crippen MR) is 109 cm³/mol. The summed E-state index contributed by atoms with van der Waals surface area (Å²) in [7, 11) is 0. The second kappa shape index (κ2) is 8.06. The quantitative estimate of drug-likeness (QED) is 0.502. The Hall–Kier alpha value is -3.11. The van der Waals surface area contributed by atoms with E-state index in [-0.39, 0.29) is 0 Å². The van der Waals surface area contributed by atoms with Crippen molar-refractivity contribution in [2.24, 2.45) is 0 Å². The Morgan fingerprint density at radius 1 is 0.889 bits per heavy atom. The van der Waals surface area contributed by atoms with Crippen molar-refractivity contribution in [1.82, 2.24) is 15.3 Å². The highest BCUT2D eigenvalue weighted by Crippen LogP contribution is 2.16. The van der Waals surface area contributed by atoms with Crippen LogP contribution in [0.1, 0.15) is 22.5 Å². The van der Waals surface area contributed by atoms with Gasteiger partial charge in [-0.15, -0.1) is 0 Å². The molecule has 1 aromatic heterocycles. The van der Waals surface area contributed by atoms with Crippen LogP contribution in [0.25, 0.3) is 11.0 Å². The fourth-order valence-corrected chi connectivity index (χ4v) is 3.01. The van der Waals surface area contributed by atoms with E-state index in [0.29, 0.717) is 13.2 Å². The minimum absolute atomic E-state index is 0.580. The zero-order valence-electron chi connectivity index (χ0n) is 15.4. The molecule has 0 saturated heterocycles. The molecule has 0 aliphatic heterocycles. The van der Waals surface area contributed by atoms with Crippen molar-refractivity contribution in [2.45, 2.75) is 26.6 Å². The maximum absolute atomic E-state index is 5.93. The number of para-hydroxylation sites is 2. The first kappa shape index (κ1) is 17.3. The highest BCUT2D eigenvalue weighted by Gasteiger charge is 2.02. The lowest BCUT2D eigenvalue weighted by atomic mass is 10.2. The number of nitrogens with zero attached hydrogens (tertiary/aromatic N) is 1. The summed E-state index contributed by atoms with van der Waals surface area (Å²) in [6.45, 7) is 4.13. The fraction of sp³-hybridized carbons (Fsp3) is 0.174. The van der Waals surface area contributed by atoms with Gasteiger partial charge in [-0.05, 0) is 42.3 Å². The molecule has 0 aliphatic carbocycles. The molecule has 2 N–H and O–H groups in total. The lowest BCUT2D eigenvalue weighted by Gasteiger charge is -2.09. The molecule has 0 fully saturated rings. The first-order chi connectivity index (χ1) is 13.3. The van der Waals surface area contributed by atoms with E-state index < -0.39 is 0 Å². The van der Waals surface area contributed by atoms with Gasteiger partial charge < -0.3 is 15.0 Å². The standard InChI is InChI=1S/C23H23N3O/c1-17-9-11-18(12-10-17)16-27-20-6-4-5-19(13-20)14-24-15-23-25-21-7-2-3-8-22(21)26-23/h2-13,24H,14-16H2,1H3,(H,25,26). The molecule has 0 unspecified atom stereocenters. The summed E-state index contributed by atoms with van der Waals surface area (Å²) in [6, 6.07) is 24.7. The van der Waals surface area contributed by atoms with Gasteiger partial charge in [0.05, 0.1) is 17.6 Å². The van der Waals surface area contributed by atoms with Gasteiger partial charge in [0.15, 0.2) is 0 Å². The van der Waals surface area contributed by atoms with Gasteiger partial charge >= 0.3 is 0 Å². The van der Waals surface area contributed by atoms with E-state index >= 15 is 0 Å². The number of fused-ring (bicyclic) bond motifs is 1. The summed E-state index contributed by atoms with van der Waals surface area (Å²) in [5, 5.41) is 3.44. The lowest BCUT2D eigenvalue weighted by Crippen LogP contribution is -2.13. The van der Waals surface area contributed by atoms with E-state index in [2.05, 4.69) is 58.6 Å². The Labute approximate surface area is 159 Å². The maximum atomic E-state index is 5.93. The molecule has 4 rings (SSSR count). The van der Waals surface area contributed by atoms with Gasteiger partial charge in [-0.1, -0.05) is 54.1 Å². The summed E-state index contributed by atoms with van der Waals surface area (Å²) in [6.07, 6.45) is 0. The molecule has 136 valence electrons. The molecular formula is C23H23N3O. The van der Waals surface area contributed by atoms with Gasteiger partial charge in [0, 0.05) is 6.54 Å². The van der Waals surface area contributed by atoms with Gasteiger partial charge in [-0.2, -0.15) is 0 Å². The van der Waals surface area contributed by atoms with Crippen molar-refractivity contribution in [3.8, 4) is 5.75 Å². The summed E-state index contributed by atoms with van der Waals surface area (Å²) in [5.41, 5.74) is 5.69. The Balaban J connectivity index is 1.31. The first-order valence-corrected chi connectivity index (χ1v) is 9.18. The number of imidazole rings is 1. The van der Waals surface area contributed by atoms with Crippen LogP contribution in [0.15, 0.2) is 72.8 Å². The second-order valence-electron chi connectivity index (χ2n) is 6.73. The van der Waals surface area contributed by atoms with Crippen molar-refractivity contribution in [1.29, 1.82) is 0 Å². The van der Waals surface area contributed by atoms with Gasteiger partial charge in [-0.25, -0.2) is 4.98 Å². The number of ether oxygens (including phenoxy) is 1. The molecular weight excluding hydrogens is 334 g/mol. The van der Waals surface area contributed by atoms with Crippen molar-refractivity contribution < 1.29 is 4.74 Å². The smallest absolute Gasteiger partial charge is 0.121 e. The largest absolute Gasteiger partial charge is 0.489 e. The van der Waals surface area contributed by atoms with E-state index in [9.17, 15) is 0 Å². The third kappa shape index (κ3) is 4.54. The van der Waals surface area contributed by atoms with Gasteiger partial charge in [0.25, 0.3) is 0 Å². The van der Waals surface area contributed by atoms with Crippen molar-refractivity contribution >= 4 is 11.0 Å². The summed E-state index contributed by atoms with van der Waals surface area (Å²) >= 11 is 0. The molecule has 0 atom stereocenters. The molecule has 0 spiro atoms. The number of benzene rings is 3. The molecule has 0 amide bonds. The number of hydrogen-bond acceptors (Lipinski definition) is 3. The minimum Gasteiger partial charge on any atom is -0.489 e. The SMILES string of the molecule is Cc1ccc(COc2cccc(CNCc3nc4ccccc4[nH]3)c2)cc1. The number of aryl methyl sites for hydroxylation is 1. The zero-order chi connectivity index (χ0) is 18.5. The van der Waals surface area contributed by atoms with Crippen molar-refractivity contribution in [2.75, 3.05) is 0 Å². The monoisotopic (exact) mass is 357 g/mol. The molecule has 0 bridgehead atoms. The Morgan fingerprint density at radius 3 is 2.59 bits per heavy atom. The topological polar surface area (TPSA) is 49.9 Å². The molecule has 0 radical (unpaired) electrons. The van der Waals surface area contributed by atoms with Crippen LogP contribution in [-0.2, 0) is 19.7 Å². The third-order valence-electron chi connectivity index (χ3n) is 4.48. The third-order valence-corrected chi connectivity index (χ3v) is 4.48.